The topological polar surface area (TPSA) is 83.8 Å². The fourth-order valence-electron chi connectivity index (χ4n) is 3.06. The van der Waals surface area contributed by atoms with Gasteiger partial charge in [-0.25, -0.2) is 4.98 Å². The molecule has 2 N–H and O–H groups in total. The van der Waals surface area contributed by atoms with Gasteiger partial charge in [0.2, 0.25) is 11.8 Å². The largest absolute Gasteiger partial charge is 0.436 e. The lowest BCUT2D eigenvalue weighted by atomic mass is 9.92. The van der Waals surface area contributed by atoms with Crippen LogP contribution in [0.15, 0.2) is 59.1 Å². The van der Waals surface area contributed by atoms with E-state index in [-0.39, 0.29) is 11.3 Å². The predicted molar refractivity (Wildman–Crippen MR) is 110 cm³/mol. The van der Waals surface area contributed by atoms with Gasteiger partial charge in [-0.05, 0) is 29.7 Å². The van der Waals surface area contributed by atoms with Crippen LogP contribution in [0.3, 0.4) is 0 Å². The van der Waals surface area contributed by atoms with Crippen LogP contribution in [-0.4, -0.2) is 21.1 Å². The minimum atomic E-state index is -0.0481. The quantitative estimate of drug-likeness (QED) is 0.510. The first-order valence-corrected chi connectivity index (χ1v) is 9.19. The third kappa shape index (κ3) is 3.81. The van der Waals surface area contributed by atoms with Crippen LogP contribution in [-0.2, 0) is 4.79 Å². The first-order valence-electron chi connectivity index (χ1n) is 9.19. The number of amides is 1. The average Bonchev–Trinajstić information content (AvgIpc) is 3.27. The van der Waals surface area contributed by atoms with Gasteiger partial charge in [0.05, 0.1) is 5.56 Å². The summed E-state index contributed by atoms with van der Waals surface area (Å²) in [7, 11) is 0. The SMILES string of the molecule is CC(C)(C)CC(=O)Nc1ccc(-c2n[nH]cc2-c2nc3ccccc3o2)cc1. The van der Waals surface area contributed by atoms with E-state index in [2.05, 4.69) is 20.5 Å². The summed E-state index contributed by atoms with van der Waals surface area (Å²) in [6, 6.07) is 15.3. The average molecular weight is 374 g/mol. The molecule has 6 nitrogen and oxygen atoms in total. The van der Waals surface area contributed by atoms with Gasteiger partial charge in [-0.3, -0.25) is 9.89 Å². The molecule has 0 aliphatic carbocycles. The smallest absolute Gasteiger partial charge is 0.231 e. The zero-order valence-electron chi connectivity index (χ0n) is 16.1. The molecule has 0 bridgehead atoms. The Morgan fingerprint density at radius 2 is 1.86 bits per heavy atom. The molecule has 2 heterocycles. The molecular formula is C22H22N4O2. The van der Waals surface area contributed by atoms with Crippen molar-refractivity contribution in [2.45, 2.75) is 27.2 Å². The van der Waals surface area contributed by atoms with Gasteiger partial charge in [0, 0.05) is 23.9 Å². The number of rotatable bonds is 4. The summed E-state index contributed by atoms with van der Waals surface area (Å²) in [6.07, 6.45) is 2.25. The number of hydrogen-bond donors (Lipinski definition) is 2. The molecule has 0 radical (unpaired) electrons. The standard InChI is InChI=1S/C22H22N4O2/c1-22(2,3)12-19(27)24-15-10-8-14(9-11-15)20-16(13-23-26-20)21-25-17-6-4-5-7-18(17)28-21/h4-11,13H,12H2,1-3H3,(H,23,26)(H,24,27). The number of para-hydroxylation sites is 2. The molecule has 0 aliphatic rings. The molecule has 6 heteroatoms. The van der Waals surface area contributed by atoms with E-state index in [0.29, 0.717) is 12.3 Å². The predicted octanol–water partition coefficient (Wildman–Crippen LogP) is 5.26. The lowest BCUT2D eigenvalue weighted by Crippen LogP contribution is -2.19. The highest BCUT2D eigenvalue weighted by molar-refractivity contribution is 5.91. The fourth-order valence-corrected chi connectivity index (χ4v) is 3.06. The van der Waals surface area contributed by atoms with Crippen LogP contribution in [0.5, 0.6) is 0 Å². The number of oxazole rings is 1. The third-order valence-electron chi connectivity index (χ3n) is 4.30. The molecule has 0 saturated carbocycles. The van der Waals surface area contributed by atoms with Crippen molar-refractivity contribution in [2.24, 2.45) is 5.41 Å². The Morgan fingerprint density at radius 1 is 1.11 bits per heavy atom. The summed E-state index contributed by atoms with van der Waals surface area (Å²) in [4.78, 5) is 16.7. The number of H-pyrrole nitrogens is 1. The molecule has 0 saturated heterocycles. The molecule has 2 aromatic carbocycles. The van der Waals surface area contributed by atoms with Gasteiger partial charge in [-0.15, -0.1) is 0 Å². The van der Waals surface area contributed by atoms with Crippen molar-refractivity contribution < 1.29 is 9.21 Å². The lowest BCUT2D eigenvalue weighted by Gasteiger charge is -2.17. The third-order valence-corrected chi connectivity index (χ3v) is 4.30. The van der Waals surface area contributed by atoms with Crippen molar-refractivity contribution in [3.8, 4) is 22.7 Å². The molecule has 1 amide bonds. The van der Waals surface area contributed by atoms with E-state index >= 15 is 0 Å². The fraction of sp³-hybridized carbons (Fsp3) is 0.227. The van der Waals surface area contributed by atoms with E-state index < -0.39 is 0 Å². The number of benzene rings is 2. The minimum Gasteiger partial charge on any atom is -0.436 e. The summed E-state index contributed by atoms with van der Waals surface area (Å²) in [5.41, 5.74) is 4.71. The van der Waals surface area contributed by atoms with Gasteiger partial charge >= 0.3 is 0 Å². The van der Waals surface area contributed by atoms with E-state index in [0.717, 1.165) is 33.6 Å². The second-order valence-corrected chi connectivity index (χ2v) is 8.00. The maximum atomic E-state index is 12.1. The number of carbonyl (C=O) groups excluding carboxylic acids is 1. The Hall–Kier alpha value is -3.41. The number of carbonyl (C=O) groups is 1. The number of anilines is 1. The summed E-state index contributed by atoms with van der Waals surface area (Å²) < 4.78 is 5.87. The zero-order chi connectivity index (χ0) is 19.7. The molecule has 0 spiro atoms. The van der Waals surface area contributed by atoms with Gasteiger partial charge in [-0.1, -0.05) is 45.0 Å². The number of aromatic nitrogens is 3. The van der Waals surface area contributed by atoms with Gasteiger partial charge in [0.25, 0.3) is 0 Å². The number of aromatic amines is 1. The molecular weight excluding hydrogens is 352 g/mol. The minimum absolute atomic E-state index is 0.00665. The molecule has 4 rings (SSSR count). The van der Waals surface area contributed by atoms with Gasteiger partial charge < -0.3 is 9.73 Å². The number of nitrogens with zero attached hydrogens (tertiary/aromatic N) is 2. The number of fused-ring (bicyclic) bond motifs is 1. The highest BCUT2D eigenvalue weighted by Crippen LogP contribution is 2.32. The first kappa shape index (κ1) is 18.0. The first-order chi connectivity index (χ1) is 13.4. The summed E-state index contributed by atoms with van der Waals surface area (Å²) in [6.45, 7) is 6.13. The highest BCUT2D eigenvalue weighted by atomic mass is 16.3. The van der Waals surface area contributed by atoms with Gasteiger partial charge in [0.1, 0.15) is 11.2 Å². The van der Waals surface area contributed by atoms with Crippen molar-refractivity contribution in [3.63, 3.8) is 0 Å². The van der Waals surface area contributed by atoms with E-state index in [1.807, 2.05) is 69.3 Å². The number of nitrogens with one attached hydrogen (secondary N) is 2. The summed E-state index contributed by atoms with van der Waals surface area (Å²) in [5.74, 6) is 0.527. The van der Waals surface area contributed by atoms with Crippen LogP contribution >= 0.6 is 0 Å². The van der Waals surface area contributed by atoms with Crippen molar-refractivity contribution in [1.82, 2.24) is 15.2 Å². The van der Waals surface area contributed by atoms with Crippen LogP contribution in [0.2, 0.25) is 0 Å². The Bertz CT molecular complexity index is 1080. The number of hydrogen-bond acceptors (Lipinski definition) is 4. The van der Waals surface area contributed by atoms with E-state index in [1.54, 1.807) is 6.20 Å². The summed E-state index contributed by atoms with van der Waals surface area (Å²) >= 11 is 0. The van der Waals surface area contributed by atoms with Crippen molar-refractivity contribution in [2.75, 3.05) is 5.32 Å². The van der Waals surface area contributed by atoms with Gasteiger partial charge in [-0.2, -0.15) is 5.10 Å². The molecule has 0 fully saturated rings. The van der Waals surface area contributed by atoms with Crippen molar-refractivity contribution in [1.29, 1.82) is 0 Å². The normalized spacial score (nSPS) is 11.7. The Kier molecular flexibility index (Phi) is 4.47. The van der Waals surface area contributed by atoms with Crippen LogP contribution in [0.4, 0.5) is 5.69 Å². The molecule has 0 aliphatic heterocycles. The van der Waals surface area contributed by atoms with E-state index in [1.165, 1.54) is 0 Å². The van der Waals surface area contributed by atoms with Crippen molar-refractivity contribution >= 4 is 22.7 Å². The Morgan fingerprint density at radius 3 is 2.57 bits per heavy atom. The molecule has 0 atom stereocenters. The lowest BCUT2D eigenvalue weighted by molar-refractivity contribution is -0.117. The second kappa shape index (κ2) is 6.96. The molecule has 2 aromatic heterocycles. The van der Waals surface area contributed by atoms with Crippen molar-refractivity contribution in [3.05, 3.63) is 54.7 Å². The second-order valence-electron chi connectivity index (χ2n) is 8.00. The monoisotopic (exact) mass is 374 g/mol. The zero-order valence-corrected chi connectivity index (χ0v) is 16.1. The summed E-state index contributed by atoms with van der Waals surface area (Å²) in [5, 5.41) is 10.2. The molecule has 4 aromatic rings. The van der Waals surface area contributed by atoms with Crippen LogP contribution in [0.25, 0.3) is 33.8 Å². The van der Waals surface area contributed by atoms with E-state index in [4.69, 9.17) is 4.42 Å². The Labute approximate surface area is 163 Å². The van der Waals surface area contributed by atoms with Crippen LogP contribution < -0.4 is 5.32 Å². The molecule has 28 heavy (non-hydrogen) atoms. The van der Waals surface area contributed by atoms with Crippen LogP contribution in [0.1, 0.15) is 27.2 Å². The maximum absolute atomic E-state index is 12.1. The van der Waals surface area contributed by atoms with E-state index in [9.17, 15) is 4.79 Å². The molecule has 0 unspecified atom stereocenters. The van der Waals surface area contributed by atoms with Gasteiger partial charge in [0.15, 0.2) is 5.58 Å². The Balaban J connectivity index is 1.57. The molecule has 142 valence electrons. The highest BCUT2D eigenvalue weighted by Gasteiger charge is 2.18. The maximum Gasteiger partial charge on any atom is 0.231 e. The van der Waals surface area contributed by atoms with Crippen LogP contribution in [0, 0.1) is 5.41 Å².